The fourth-order valence-electron chi connectivity index (χ4n) is 14.3. The molecule has 0 aliphatic carbocycles. The molecule has 0 spiro atoms. The highest BCUT2D eigenvalue weighted by atomic mass is 16.6. The summed E-state index contributed by atoms with van der Waals surface area (Å²) in [5.74, 6) is 18.7. The Balaban J connectivity index is 0.000000144. The molecule has 11 heterocycles. The number of hydrogen-bond donors (Lipinski definition) is 8. The number of primary amides is 4. The number of hydrogen-bond acceptors (Lipinski definition) is 23. The second kappa shape index (κ2) is 37.5. The van der Waals surface area contributed by atoms with Crippen molar-refractivity contribution in [3.63, 3.8) is 0 Å². The first-order valence-corrected chi connectivity index (χ1v) is 39.6. The highest BCUT2D eigenvalue weighted by Crippen LogP contribution is 2.32. The summed E-state index contributed by atoms with van der Waals surface area (Å²) in [5.41, 5.74) is 25.5. The van der Waals surface area contributed by atoms with Crippen LogP contribution in [0.3, 0.4) is 0 Å². The van der Waals surface area contributed by atoms with Crippen LogP contribution in [0.4, 0.5) is 4.79 Å². The number of ether oxygens (including phenoxy) is 3. The van der Waals surface area contributed by atoms with Crippen LogP contribution in [0.15, 0.2) is 152 Å². The van der Waals surface area contributed by atoms with Gasteiger partial charge in [0.25, 0.3) is 47.3 Å². The second-order valence-corrected chi connectivity index (χ2v) is 29.9. The number of likely N-dealkylation sites (tertiary alicyclic amines) is 3. The van der Waals surface area contributed by atoms with E-state index in [-0.39, 0.29) is 55.2 Å². The number of fused-ring (bicyclic) bond motifs is 4. The van der Waals surface area contributed by atoms with Crippen molar-refractivity contribution in [1.29, 1.82) is 0 Å². The first-order chi connectivity index (χ1) is 59.8. The molecule has 4 atom stereocenters. The lowest BCUT2D eigenvalue weighted by Crippen LogP contribution is -2.38. The molecule has 0 radical (unpaired) electrons. The van der Waals surface area contributed by atoms with E-state index in [4.69, 9.17) is 37.1 Å². The van der Waals surface area contributed by atoms with Crippen molar-refractivity contribution in [2.45, 2.75) is 62.1 Å². The highest BCUT2D eigenvalue weighted by molar-refractivity contribution is 6.06. The molecule has 125 heavy (non-hydrogen) atoms. The first-order valence-electron chi connectivity index (χ1n) is 39.6. The lowest BCUT2D eigenvalue weighted by atomic mass is 10.0. The lowest BCUT2D eigenvalue weighted by Gasteiger charge is -2.26. The molecule has 6 aromatic heterocycles. The molecular formula is C89H88N20O16. The van der Waals surface area contributed by atoms with Crippen LogP contribution in [0.1, 0.15) is 102 Å². The van der Waals surface area contributed by atoms with Crippen molar-refractivity contribution in [2.24, 2.45) is 22.9 Å². The molecule has 11 aromatic rings. The summed E-state index contributed by atoms with van der Waals surface area (Å²) in [6.07, 6.45) is 2.43. The molecule has 36 heteroatoms. The lowest BCUT2D eigenvalue weighted by molar-refractivity contribution is -0.138. The molecule has 9 amide bonds. The summed E-state index contributed by atoms with van der Waals surface area (Å²) in [6, 6.07) is 41.0. The molecule has 12 N–H and O–H groups in total. The molecule has 5 aliphatic rings. The standard InChI is InChI=1S/C27H29N5O5.C22H24N6O5.C20H17N5O3.C20H18N4O3/c1-30-10-9-27(35,26(30)34)8-7-19-3-2-4-20(17-19)32-23-6-5-21(18-22(23)24(29-32)25(28)33)37-16-13-31-11-14-36-15-12-31;1-3-33-21(31)27-10-6-16-15(13-27)18(19(23)29)25-28(16)17-12-14(5-9-24-17)4-7-22(32)8-11-26(2)20(22)30;1-24-11-9-20(28,19(24)27)8-7-13-4-2-5-14(12-13)25-15-6-3-10-22-16(15)17(23-25)18(21)26;1-23(2)20(27)17(25)11-10-13-6-5-7-14(12-13)24-16-9-4-3-8-15(16)18(22-24)19(21)26/h2-6,17-18,35H,9-16H2,1H3,(H2,28,33);5,9,12,32H,3,6,8,10-11,13H2,1-2H3,(H2,23,29);2-6,10,12,28H,9,11H2,1H3,(H2,21,26);3-9,12,17,25H,1-2H3,(H2,21,26)/t27-;22-;20-;/m000./s1. The van der Waals surface area contributed by atoms with Gasteiger partial charge in [-0.3, -0.25) is 48.2 Å². The number of para-hydroxylation sites is 1. The number of aromatic nitrogens is 10. The van der Waals surface area contributed by atoms with Gasteiger partial charge >= 0.3 is 6.09 Å². The van der Waals surface area contributed by atoms with E-state index >= 15 is 0 Å². The van der Waals surface area contributed by atoms with Gasteiger partial charge in [-0.15, -0.1) is 0 Å². The van der Waals surface area contributed by atoms with Gasteiger partial charge < -0.3 is 82.1 Å². The van der Waals surface area contributed by atoms with Crippen molar-refractivity contribution in [3.05, 3.63) is 208 Å². The van der Waals surface area contributed by atoms with Gasteiger partial charge in [-0.05, 0) is 110 Å². The minimum Gasteiger partial charge on any atom is -0.492 e. The van der Waals surface area contributed by atoms with Crippen LogP contribution < -0.4 is 27.7 Å². The SMILES string of the molecule is CCOC(=O)N1CCc2c(c(C(N)=O)nn2-c2cc(C#C[C@]3(O)CCN(C)C3=O)ccn2)C1.CN(C)C(=O)C(O)C#Cc1cccc(-n2nc(C(N)=O)c3ccccc32)c1.CN1CC[C@@](O)(C#Cc2cccc(-n3nc(C(N)=O)c4cc(OCCN5CCOCC5)ccc43)c2)C1=O.CN1CC[C@@](O)(C#Cc2cccc(-n3nc(C(N)=O)c4ncccc43)c2)C1=O. The zero-order valence-electron chi connectivity index (χ0n) is 69.0. The number of nitrogens with zero attached hydrogens (tertiary/aromatic N) is 16. The zero-order chi connectivity index (χ0) is 89.2. The van der Waals surface area contributed by atoms with Gasteiger partial charge in [0, 0.05) is 158 Å². The van der Waals surface area contributed by atoms with Crippen molar-refractivity contribution in [3.8, 4) is 76.0 Å². The predicted octanol–water partition coefficient (Wildman–Crippen LogP) is 1.99. The van der Waals surface area contributed by atoms with Gasteiger partial charge in [-0.2, -0.15) is 20.4 Å². The van der Waals surface area contributed by atoms with Gasteiger partial charge in [0.15, 0.2) is 34.7 Å². The van der Waals surface area contributed by atoms with Crippen LogP contribution in [0, 0.1) is 47.4 Å². The number of rotatable bonds is 14. The van der Waals surface area contributed by atoms with E-state index in [2.05, 4.69) is 82.6 Å². The molecule has 4 saturated heterocycles. The number of aliphatic hydroxyl groups excluding tert-OH is 1. The Kier molecular flexibility index (Phi) is 26.3. The Morgan fingerprint density at radius 3 is 1.54 bits per heavy atom. The van der Waals surface area contributed by atoms with E-state index in [0.717, 1.165) is 38.4 Å². The van der Waals surface area contributed by atoms with E-state index in [0.29, 0.717) is 129 Å². The Labute approximate surface area is 715 Å². The summed E-state index contributed by atoms with van der Waals surface area (Å²) in [4.78, 5) is 126. The zero-order valence-corrected chi connectivity index (χ0v) is 69.0. The van der Waals surface area contributed by atoms with Gasteiger partial charge in [0.05, 0.1) is 65.7 Å². The Hall–Kier alpha value is -15.2. The van der Waals surface area contributed by atoms with Crippen LogP contribution in [-0.4, -0.2) is 283 Å². The summed E-state index contributed by atoms with van der Waals surface area (Å²) >= 11 is 0. The van der Waals surface area contributed by atoms with Gasteiger partial charge in [-0.25, -0.2) is 28.5 Å². The summed E-state index contributed by atoms with van der Waals surface area (Å²) in [5, 5.41) is 60.1. The fraction of sp³-hybridized carbons (Fsp3) is 0.292. The Morgan fingerprint density at radius 2 is 1.02 bits per heavy atom. The Bertz CT molecular complexity index is 6380. The van der Waals surface area contributed by atoms with Crippen molar-refractivity contribution in [2.75, 3.05) is 107 Å². The third kappa shape index (κ3) is 19.4. The van der Waals surface area contributed by atoms with Crippen LogP contribution in [0.5, 0.6) is 5.75 Å². The molecule has 5 aliphatic heterocycles. The van der Waals surface area contributed by atoms with E-state index in [1.54, 1.807) is 159 Å². The normalized spacial score (nSPS) is 17.9. The number of pyridine rings is 2. The maximum atomic E-state index is 12.2. The van der Waals surface area contributed by atoms with Crippen molar-refractivity contribution < 1.29 is 77.8 Å². The predicted molar refractivity (Wildman–Crippen MR) is 454 cm³/mol. The number of aliphatic hydroxyl groups is 4. The second-order valence-electron chi connectivity index (χ2n) is 29.9. The Morgan fingerprint density at radius 1 is 0.528 bits per heavy atom. The molecule has 0 bridgehead atoms. The first kappa shape index (κ1) is 87.7. The van der Waals surface area contributed by atoms with Crippen LogP contribution in [0.25, 0.3) is 55.7 Å². The molecule has 16 rings (SSSR count). The average Bonchev–Trinajstić information content (AvgIpc) is 1.64. The maximum absolute atomic E-state index is 12.2. The van der Waals surface area contributed by atoms with Gasteiger partial charge in [0.1, 0.15) is 17.9 Å². The minimum absolute atomic E-state index is 0.0613. The molecule has 36 nitrogen and oxygen atoms in total. The monoisotopic (exact) mass is 1690 g/mol. The molecular weight excluding hydrogens is 1610 g/mol. The molecule has 4 fully saturated rings. The highest BCUT2D eigenvalue weighted by Gasteiger charge is 2.45. The fourth-order valence-corrected chi connectivity index (χ4v) is 14.3. The van der Waals surface area contributed by atoms with Gasteiger partial charge in [-0.1, -0.05) is 83.8 Å². The van der Waals surface area contributed by atoms with Crippen LogP contribution >= 0.6 is 0 Å². The molecule has 5 aromatic carbocycles. The number of benzene rings is 5. The summed E-state index contributed by atoms with van der Waals surface area (Å²) in [6.45, 7) is 8.40. The summed E-state index contributed by atoms with van der Waals surface area (Å²) < 4.78 is 22.7. The quantitative estimate of drug-likeness (QED) is 0.0722. The summed E-state index contributed by atoms with van der Waals surface area (Å²) in [7, 11) is 7.99. The van der Waals surface area contributed by atoms with Crippen LogP contribution in [0.2, 0.25) is 0 Å². The average molecular weight is 1690 g/mol. The number of carbonyl (C=O) groups excluding carboxylic acids is 9. The number of nitrogens with two attached hydrogens (primary N) is 4. The van der Waals surface area contributed by atoms with E-state index in [1.165, 1.54) is 35.4 Å². The number of likely N-dealkylation sites (N-methyl/N-ethyl adjacent to an activating group) is 4. The topological polar surface area (TPSA) is 483 Å². The number of carbonyl (C=O) groups is 9. The largest absolute Gasteiger partial charge is 0.492 e. The van der Waals surface area contributed by atoms with E-state index in [1.807, 2.05) is 42.5 Å². The van der Waals surface area contributed by atoms with E-state index in [9.17, 15) is 63.6 Å². The maximum Gasteiger partial charge on any atom is 0.410 e. The van der Waals surface area contributed by atoms with E-state index < -0.39 is 76.3 Å². The smallest absolute Gasteiger partial charge is 0.410 e. The molecule has 640 valence electrons. The van der Waals surface area contributed by atoms with Crippen molar-refractivity contribution in [1.82, 2.24) is 78.5 Å². The number of morpholine rings is 1. The van der Waals surface area contributed by atoms with Gasteiger partial charge in [0.2, 0.25) is 16.8 Å². The van der Waals surface area contributed by atoms with Crippen molar-refractivity contribution >= 4 is 86.2 Å². The third-order valence-corrected chi connectivity index (χ3v) is 21.0. The third-order valence-electron chi connectivity index (χ3n) is 21.0. The molecule has 0 saturated carbocycles. The number of amides is 9. The van der Waals surface area contributed by atoms with Crippen LogP contribution in [-0.2, 0) is 41.6 Å². The minimum atomic E-state index is -1.71. The molecule has 1 unspecified atom stereocenters.